The van der Waals surface area contributed by atoms with Crippen molar-refractivity contribution in [3.05, 3.63) is 35.9 Å². The SMILES string of the molecule is CC(N)(C(=O)CCCS(C)(=O)=O)c1ccccc1. The largest absolute Gasteiger partial charge is 0.315 e. The van der Waals surface area contributed by atoms with E-state index in [1.807, 2.05) is 18.2 Å². The Labute approximate surface area is 108 Å². The zero-order valence-corrected chi connectivity index (χ0v) is 11.5. The molecule has 1 aromatic carbocycles. The van der Waals surface area contributed by atoms with Gasteiger partial charge >= 0.3 is 0 Å². The van der Waals surface area contributed by atoms with E-state index >= 15 is 0 Å². The Morgan fingerprint density at radius 2 is 1.83 bits per heavy atom. The lowest BCUT2D eigenvalue weighted by Crippen LogP contribution is -2.41. The highest BCUT2D eigenvalue weighted by atomic mass is 32.2. The van der Waals surface area contributed by atoms with E-state index < -0.39 is 15.4 Å². The minimum absolute atomic E-state index is 0.0175. The number of hydrogen-bond donors (Lipinski definition) is 1. The molecule has 0 saturated carbocycles. The summed E-state index contributed by atoms with van der Waals surface area (Å²) >= 11 is 0. The molecule has 0 amide bonds. The van der Waals surface area contributed by atoms with Crippen molar-refractivity contribution < 1.29 is 13.2 Å². The molecule has 0 aliphatic carbocycles. The lowest BCUT2D eigenvalue weighted by Gasteiger charge is -2.23. The summed E-state index contributed by atoms with van der Waals surface area (Å²) in [7, 11) is -3.02. The molecule has 1 unspecified atom stereocenters. The fraction of sp³-hybridized carbons (Fsp3) is 0.462. The van der Waals surface area contributed by atoms with E-state index in [0.717, 1.165) is 11.8 Å². The third kappa shape index (κ3) is 4.23. The summed E-state index contributed by atoms with van der Waals surface area (Å²) < 4.78 is 22.0. The minimum Gasteiger partial charge on any atom is -0.315 e. The van der Waals surface area contributed by atoms with Gasteiger partial charge in [0.2, 0.25) is 0 Å². The van der Waals surface area contributed by atoms with E-state index in [0.29, 0.717) is 6.42 Å². The van der Waals surface area contributed by atoms with Crippen LogP contribution >= 0.6 is 0 Å². The first-order chi connectivity index (χ1) is 8.23. The van der Waals surface area contributed by atoms with Crippen molar-refractivity contribution in [2.75, 3.05) is 12.0 Å². The summed E-state index contributed by atoms with van der Waals surface area (Å²) in [5.74, 6) is -0.124. The third-order valence-corrected chi connectivity index (χ3v) is 3.90. The monoisotopic (exact) mass is 269 g/mol. The maximum Gasteiger partial charge on any atom is 0.156 e. The molecule has 1 aromatic rings. The Morgan fingerprint density at radius 1 is 1.28 bits per heavy atom. The molecule has 0 bridgehead atoms. The highest BCUT2D eigenvalue weighted by Gasteiger charge is 2.29. The van der Waals surface area contributed by atoms with Crippen LogP contribution in [0.2, 0.25) is 0 Å². The number of carbonyl (C=O) groups excluding carboxylic acids is 1. The zero-order chi connectivity index (χ0) is 13.8. The van der Waals surface area contributed by atoms with Crippen LogP contribution in [0.15, 0.2) is 30.3 Å². The van der Waals surface area contributed by atoms with E-state index in [1.54, 1.807) is 19.1 Å². The number of ketones is 1. The Morgan fingerprint density at radius 3 is 2.33 bits per heavy atom. The van der Waals surface area contributed by atoms with Crippen molar-refractivity contribution in [2.24, 2.45) is 5.73 Å². The van der Waals surface area contributed by atoms with Crippen LogP contribution in [-0.2, 0) is 20.2 Å². The van der Waals surface area contributed by atoms with Gasteiger partial charge in [-0.3, -0.25) is 4.79 Å². The quantitative estimate of drug-likeness (QED) is 0.843. The molecule has 1 rings (SSSR count). The normalized spacial score (nSPS) is 15.1. The molecular weight excluding hydrogens is 250 g/mol. The molecule has 2 N–H and O–H groups in total. The summed E-state index contributed by atoms with van der Waals surface area (Å²) in [4.78, 5) is 12.0. The first kappa shape index (κ1) is 14.9. The molecule has 0 aromatic heterocycles. The number of Topliss-reactive ketones (excluding diaryl/α,β-unsaturated/α-hetero) is 1. The predicted octanol–water partition coefficient (Wildman–Crippen LogP) is 1.25. The van der Waals surface area contributed by atoms with Crippen molar-refractivity contribution in [3.8, 4) is 0 Å². The Bertz CT molecular complexity index is 506. The third-order valence-electron chi connectivity index (χ3n) is 2.87. The molecule has 0 aliphatic heterocycles. The van der Waals surface area contributed by atoms with Crippen LogP contribution in [0.5, 0.6) is 0 Å². The van der Waals surface area contributed by atoms with Gasteiger partial charge in [0.25, 0.3) is 0 Å². The molecular formula is C13H19NO3S. The van der Waals surface area contributed by atoms with Crippen LogP contribution in [-0.4, -0.2) is 26.2 Å². The van der Waals surface area contributed by atoms with Gasteiger partial charge in [0.15, 0.2) is 5.78 Å². The van der Waals surface area contributed by atoms with Crippen LogP contribution in [0.1, 0.15) is 25.3 Å². The number of hydrogen-bond acceptors (Lipinski definition) is 4. The summed E-state index contributed by atoms with van der Waals surface area (Å²) in [6.07, 6.45) is 1.66. The van der Waals surface area contributed by atoms with Crippen LogP contribution in [0.25, 0.3) is 0 Å². The summed E-state index contributed by atoms with van der Waals surface area (Å²) in [6.45, 7) is 1.66. The van der Waals surface area contributed by atoms with Gasteiger partial charge < -0.3 is 5.73 Å². The second-order valence-electron chi connectivity index (χ2n) is 4.72. The van der Waals surface area contributed by atoms with E-state index in [-0.39, 0.29) is 18.0 Å². The smallest absolute Gasteiger partial charge is 0.156 e. The first-order valence-electron chi connectivity index (χ1n) is 5.79. The zero-order valence-electron chi connectivity index (χ0n) is 10.7. The molecule has 0 saturated heterocycles. The average Bonchev–Trinajstić information content (AvgIpc) is 2.28. The summed E-state index contributed by atoms with van der Waals surface area (Å²) in [6, 6.07) is 9.10. The molecule has 100 valence electrons. The number of benzene rings is 1. The van der Waals surface area contributed by atoms with Crippen molar-refractivity contribution >= 4 is 15.6 Å². The maximum atomic E-state index is 12.0. The average molecular weight is 269 g/mol. The van der Waals surface area contributed by atoms with E-state index in [2.05, 4.69) is 0 Å². The van der Waals surface area contributed by atoms with Crippen LogP contribution in [0, 0.1) is 0 Å². The molecule has 0 fully saturated rings. The standard InChI is InChI=1S/C13H19NO3S/c1-13(14,11-7-4-3-5-8-11)12(15)9-6-10-18(2,16)17/h3-5,7-8H,6,9-10,14H2,1-2H3. The molecule has 0 heterocycles. The lowest BCUT2D eigenvalue weighted by atomic mass is 9.87. The molecule has 0 aliphatic rings. The summed E-state index contributed by atoms with van der Waals surface area (Å²) in [5.41, 5.74) is 5.72. The van der Waals surface area contributed by atoms with Gasteiger partial charge in [0.1, 0.15) is 9.84 Å². The van der Waals surface area contributed by atoms with Crippen molar-refractivity contribution in [1.29, 1.82) is 0 Å². The van der Waals surface area contributed by atoms with Gasteiger partial charge in [-0.25, -0.2) is 8.42 Å². The Hall–Kier alpha value is -1.20. The lowest BCUT2D eigenvalue weighted by molar-refractivity contribution is -0.123. The second-order valence-corrected chi connectivity index (χ2v) is 6.98. The first-order valence-corrected chi connectivity index (χ1v) is 7.85. The molecule has 4 nitrogen and oxygen atoms in total. The van der Waals surface area contributed by atoms with Gasteiger partial charge in [0, 0.05) is 12.7 Å². The number of sulfone groups is 1. The highest BCUT2D eigenvalue weighted by Crippen LogP contribution is 2.20. The van der Waals surface area contributed by atoms with E-state index in [9.17, 15) is 13.2 Å². The number of nitrogens with two attached hydrogens (primary N) is 1. The Balaban J connectivity index is 2.66. The number of carbonyl (C=O) groups is 1. The van der Waals surface area contributed by atoms with Gasteiger partial charge in [-0.1, -0.05) is 30.3 Å². The van der Waals surface area contributed by atoms with Crippen LogP contribution in [0.3, 0.4) is 0 Å². The fourth-order valence-electron chi connectivity index (χ4n) is 1.70. The van der Waals surface area contributed by atoms with Crippen LogP contribution in [0.4, 0.5) is 0 Å². The topological polar surface area (TPSA) is 77.2 Å². The van der Waals surface area contributed by atoms with E-state index in [4.69, 9.17) is 5.73 Å². The highest BCUT2D eigenvalue weighted by molar-refractivity contribution is 7.90. The molecule has 0 spiro atoms. The van der Waals surface area contributed by atoms with Gasteiger partial charge in [-0.2, -0.15) is 0 Å². The van der Waals surface area contributed by atoms with Crippen LogP contribution < -0.4 is 5.73 Å². The molecule has 1 atom stereocenters. The molecule has 0 radical (unpaired) electrons. The molecule has 5 heteroatoms. The van der Waals surface area contributed by atoms with Gasteiger partial charge in [0.05, 0.1) is 11.3 Å². The van der Waals surface area contributed by atoms with Crippen molar-refractivity contribution in [1.82, 2.24) is 0 Å². The minimum atomic E-state index is -3.02. The van der Waals surface area contributed by atoms with Gasteiger partial charge in [-0.15, -0.1) is 0 Å². The summed E-state index contributed by atoms with van der Waals surface area (Å²) in [5, 5.41) is 0. The van der Waals surface area contributed by atoms with Crippen molar-refractivity contribution in [2.45, 2.75) is 25.3 Å². The molecule has 18 heavy (non-hydrogen) atoms. The fourth-order valence-corrected chi connectivity index (χ4v) is 2.37. The Kier molecular flexibility index (Phi) is 4.65. The number of rotatable bonds is 6. The second kappa shape index (κ2) is 5.63. The predicted molar refractivity (Wildman–Crippen MR) is 71.9 cm³/mol. The van der Waals surface area contributed by atoms with E-state index in [1.165, 1.54) is 0 Å². The van der Waals surface area contributed by atoms with Gasteiger partial charge in [-0.05, 0) is 18.9 Å². The van der Waals surface area contributed by atoms with Crippen molar-refractivity contribution in [3.63, 3.8) is 0 Å². The maximum absolute atomic E-state index is 12.0.